The first-order valence-electron chi connectivity index (χ1n) is 5.18. The molecule has 0 saturated carbocycles. The average Bonchev–Trinajstić information content (AvgIpc) is 2.41. The molecule has 2 heteroatoms. The van der Waals surface area contributed by atoms with E-state index in [1.165, 1.54) is 11.1 Å². The van der Waals surface area contributed by atoms with Crippen LogP contribution in [-0.4, -0.2) is 12.5 Å². The second kappa shape index (κ2) is 3.82. The topological polar surface area (TPSA) is 29.1 Å². The van der Waals surface area contributed by atoms with E-state index in [1.54, 1.807) is 0 Å². The van der Waals surface area contributed by atoms with Gasteiger partial charge in [-0.2, -0.15) is 0 Å². The third kappa shape index (κ3) is 1.65. The highest BCUT2D eigenvalue weighted by Crippen LogP contribution is 2.23. The highest BCUT2D eigenvalue weighted by molar-refractivity contribution is 5.98. The molecule has 2 rings (SSSR count). The Morgan fingerprint density at radius 1 is 1.43 bits per heavy atom. The molecular weight excluding hydrogens is 174 g/mol. The molecule has 14 heavy (non-hydrogen) atoms. The summed E-state index contributed by atoms with van der Waals surface area (Å²) in [6.07, 6.45) is 9.24. The molecule has 1 amide bonds. The zero-order valence-corrected chi connectivity index (χ0v) is 8.47. The van der Waals surface area contributed by atoms with E-state index in [4.69, 9.17) is 0 Å². The zero-order chi connectivity index (χ0) is 9.97. The maximum absolute atomic E-state index is 11.5. The Labute approximate surface area is 84.4 Å². The molecule has 0 spiro atoms. The largest absolute Gasteiger partial charge is 0.352 e. The fraction of sp³-hybridized carbons (Fsp3) is 0.417. The second-order valence-electron chi connectivity index (χ2n) is 3.69. The minimum Gasteiger partial charge on any atom is -0.352 e. The van der Waals surface area contributed by atoms with Crippen molar-refractivity contribution in [1.29, 1.82) is 0 Å². The first-order chi connectivity index (χ1) is 6.81. The van der Waals surface area contributed by atoms with E-state index < -0.39 is 0 Å². The van der Waals surface area contributed by atoms with Gasteiger partial charge in [0.15, 0.2) is 0 Å². The molecule has 1 aliphatic carbocycles. The van der Waals surface area contributed by atoms with Gasteiger partial charge >= 0.3 is 0 Å². The zero-order valence-electron chi connectivity index (χ0n) is 8.47. The molecule has 0 bridgehead atoms. The molecule has 0 aromatic rings. The van der Waals surface area contributed by atoms with Gasteiger partial charge in [-0.15, -0.1) is 0 Å². The highest BCUT2D eigenvalue weighted by atomic mass is 16.1. The Morgan fingerprint density at radius 3 is 3.07 bits per heavy atom. The van der Waals surface area contributed by atoms with E-state index in [9.17, 15) is 4.79 Å². The van der Waals surface area contributed by atoms with Crippen LogP contribution in [-0.2, 0) is 4.79 Å². The lowest BCUT2D eigenvalue weighted by atomic mass is 9.98. The highest BCUT2D eigenvalue weighted by Gasteiger charge is 2.18. The second-order valence-corrected chi connectivity index (χ2v) is 3.69. The molecule has 0 unspecified atom stereocenters. The first-order valence-corrected chi connectivity index (χ1v) is 5.18. The number of carbonyl (C=O) groups is 1. The third-order valence-electron chi connectivity index (χ3n) is 2.82. The molecule has 2 aliphatic rings. The van der Waals surface area contributed by atoms with Crippen LogP contribution in [0.2, 0.25) is 0 Å². The lowest BCUT2D eigenvalue weighted by Crippen LogP contribution is -2.30. The normalized spacial score (nSPS) is 21.2. The summed E-state index contributed by atoms with van der Waals surface area (Å²) in [6.45, 7) is 2.93. The molecule has 0 aromatic carbocycles. The molecule has 74 valence electrons. The summed E-state index contributed by atoms with van der Waals surface area (Å²) < 4.78 is 0. The third-order valence-corrected chi connectivity index (χ3v) is 2.82. The van der Waals surface area contributed by atoms with Crippen molar-refractivity contribution in [3.63, 3.8) is 0 Å². The Hall–Kier alpha value is -1.31. The van der Waals surface area contributed by atoms with Crippen LogP contribution in [0.1, 0.15) is 26.2 Å². The molecule has 0 saturated heterocycles. The lowest BCUT2D eigenvalue weighted by molar-refractivity contribution is -0.117. The number of carbonyl (C=O) groups excluding carboxylic acids is 1. The standard InChI is InChI=1S/C12H15NO/c1-2-9-3-5-10-7-8-13-12(14)11(10)6-4-9/h3-4,6H,2,5,7-8H2,1H3,(H,13,14). The molecule has 0 fully saturated rings. The Kier molecular flexibility index (Phi) is 2.53. The van der Waals surface area contributed by atoms with E-state index in [1.807, 2.05) is 6.08 Å². The van der Waals surface area contributed by atoms with E-state index in [-0.39, 0.29) is 5.91 Å². The smallest absolute Gasteiger partial charge is 0.251 e. The summed E-state index contributed by atoms with van der Waals surface area (Å²) in [6, 6.07) is 0. The van der Waals surface area contributed by atoms with Gasteiger partial charge in [-0.25, -0.2) is 0 Å². The number of hydrogen-bond donors (Lipinski definition) is 1. The molecule has 1 N–H and O–H groups in total. The SMILES string of the molecule is CCC1=CCC2=C(C=C1)C(=O)NCC2. The molecular formula is C12H15NO. The number of nitrogens with one attached hydrogen (secondary N) is 1. The van der Waals surface area contributed by atoms with Crippen LogP contribution >= 0.6 is 0 Å². The van der Waals surface area contributed by atoms with Gasteiger partial charge in [-0.3, -0.25) is 4.79 Å². The number of allylic oxidation sites excluding steroid dienone is 3. The number of hydrogen-bond acceptors (Lipinski definition) is 1. The van der Waals surface area contributed by atoms with Gasteiger partial charge in [0.05, 0.1) is 0 Å². The van der Waals surface area contributed by atoms with Gasteiger partial charge < -0.3 is 5.32 Å². The van der Waals surface area contributed by atoms with Crippen molar-refractivity contribution in [3.8, 4) is 0 Å². The van der Waals surface area contributed by atoms with E-state index in [0.717, 1.165) is 31.4 Å². The van der Waals surface area contributed by atoms with Crippen LogP contribution in [0.4, 0.5) is 0 Å². The summed E-state index contributed by atoms with van der Waals surface area (Å²) in [5, 5.41) is 2.87. The summed E-state index contributed by atoms with van der Waals surface area (Å²) >= 11 is 0. The molecule has 1 heterocycles. The predicted octanol–water partition coefficient (Wildman–Crippen LogP) is 2.10. The molecule has 0 aromatic heterocycles. The average molecular weight is 189 g/mol. The van der Waals surface area contributed by atoms with Crippen LogP contribution < -0.4 is 5.32 Å². The summed E-state index contributed by atoms with van der Waals surface area (Å²) in [5.74, 6) is 0.0910. The van der Waals surface area contributed by atoms with E-state index in [0.29, 0.717) is 0 Å². The van der Waals surface area contributed by atoms with Crippen molar-refractivity contribution in [3.05, 3.63) is 34.9 Å². The maximum Gasteiger partial charge on any atom is 0.251 e. The van der Waals surface area contributed by atoms with Crippen molar-refractivity contribution in [2.75, 3.05) is 6.54 Å². The van der Waals surface area contributed by atoms with Gasteiger partial charge in [0.1, 0.15) is 0 Å². The van der Waals surface area contributed by atoms with Gasteiger partial charge in [0, 0.05) is 12.1 Å². The molecule has 0 atom stereocenters. The first kappa shape index (κ1) is 9.25. The summed E-state index contributed by atoms with van der Waals surface area (Å²) in [5.41, 5.74) is 3.50. The van der Waals surface area contributed by atoms with Crippen molar-refractivity contribution in [1.82, 2.24) is 5.32 Å². The quantitative estimate of drug-likeness (QED) is 0.672. The molecule has 2 nitrogen and oxygen atoms in total. The van der Waals surface area contributed by atoms with E-state index >= 15 is 0 Å². The van der Waals surface area contributed by atoms with Crippen LogP contribution in [0.5, 0.6) is 0 Å². The lowest BCUT2D eigenvalue weighted by Gasteiger charge is -2.16. The Balaban J connectivity index is 2.30. The fourth-order valence-corrected chi connectivity index (χ4v) is 1.90. The molecule has 0 radical (unpaired) electrons. The van der Waals surface area contributed by atoms with Crippen molar-refractivity contribution in [2.24, 2.45) is 0 Å². The van der Waals surface area contributed by atoms with Gasteiger partial charge in [0.25, 0.3) is 5.91 Å². The van der Waals surface area contributed by atoms with Crippen LogP contribution in [0, 0.1) is 0 Å². The monoisotopic (exact) mass is 189 g/mol. The molecule has 1 aliphatic heterocycles. The van der Waals surface area contributed by atoms with Crippen molar-refractivity contribution < 1.29 is 4.79 Å². The van der Waals surface area contributed by atoms with Crippen molar-refractivity contribution in [2.45, 2.75) is 26.2 Å². The summed E-state index contributed by atoms with van der Waals surface area (Å²) in [4.78, 5) is 11.5. The Bertz CT molecular complexity index is 347. The van der Waals surface area contributed by atoms with Gasteiger partial charge in [-0.05, 0) is 25.3 Å². The summed E-state index contributed by atoms with van der Waals surface area (Å²) in [7, 11) is 0. The van der Waals surface area contributed by atoms with E-state index in [2.05, 4.69) is 24.4 Å². The predicted molar refractivity (Wildman–Crippen MR) is 56.8 cm³/mol. The van der Waals surface area contributed by atoms with Crippen LogP contribution in [0.25, 0.3) is 0 Å². The maximum atomic E-state index is 11.5. The van der Waals surface area contributed by atoms with Gasteiger partial charge in [-0.1, -0.05) is 30.2 Å². The van der Waals surface area contributed by atoms with Crippen LogP contribution in [0.15, 0.2) is 34.9 Å². The van der Waals surface area contributed by atoms with Gasteiger partial charge in [0.2, 0.25) is 0 Å². The number of amides is 1. The fourth-order valence-electron chi connectivity index (χ4n) is 1.90. The Morgan fingerprint density at radius 2 is 2.29 bits per heavy atom. The number of rotatable bonds is 1. The van der Waals surface area contributed by atoms with Crippen LogP contribution in [0.3, 0.4) is 0 Å². The minimum absolute atomic E-state index is 0.0910. The van der Waals surface area contributed by atoms with Crippen molar-refractivity contribution >= 4 is 5.91 Å². The minimum atomic E-state index is 0.0910.